The van der Waals surface area contributed by atoms with Crippen molar-refractivity contribution in [2.75, 3.05) is 6.54 Å². The molecule has 4 nitrogen and oxygen atoms in total. The Morgan fingerprint density at radius 1 is 1.03 bits per heavy atom. The van der Waals surface area contributed by atoms with E-state index in [2.05, 4.69) is 60.0 Å². The number of nitriles is 1. The van der Waals surface area contributed by atoms with E-state index in [9.17, 15) is 5.26 Å². The first kappa shape index (κ1) is 21.4. The first-order valence-corrected chi connectivity index (χ1v) is 10.2. The summed E-state index contributed by atoms with van der Waals surface area (Å²) in [6.07, 6.45) is 10.9. The quantitative estimate of drug-likeness (QED) is 0.516. The molecule has 0 saturated carbocycles. The lowest BCUT2D eigenvalue weighted by Crippen LogP contribution is -2.49. The number of benzene rings is 1. The highest BCUT2D eigenvalue weighted by atomic mass is 15.0. The van der Waals surface area contributed by atoms with Gasteiger partial charge in [-0.1, -0.05) is 44.2 Å². The molecule has 3 aromatic rings. The fourth-order valence-electron chi connectivity index (χ4n) is 3.78. The van der Waals surface area contributed by atoms with E-state index in [0.717, 1.165) is 29.7 Å². The van der Waals surface area contributed by atoms with E-state index in [4.69, 9.17) is 0 Å². The molecule has 2 aromatic heterocycles. The molecule has 1 N–H and O–H groups in total. The molecule has 152 valence electrons. The molecule has 0 atom stereocenters. The van der Waals surface area contributed by atoms with Gasteiger partial charge in [-0.05, 0) is 59.2 Å². The highest BCUT2D eigenvalue weighted by Crippen LogP contribution is 2.34. The third-order valence-electron chi connectivity index (χ3n) is 5.40. The second-order valence-electron chi connectivity index (χ2n) is 8.39. The minimum absolute atomic E-state index is 0.0337. The Kier molecular flexibility index (Phi) is 6.76. The Bertz CT molecular complexity index is 964. The van der Waals surface area contributed by atoms with Crippen molar-refractivity contribution in [1.29, 1.82) is 5.26 Å². The van der Waals surface area contributed by atoms with E-state index >= 15 is 0 Å². The third-order valence-corrected chi connectivity index (χ3v) is 5.40. The van der Waals surface area contributed by atoms with Crippen molar-refractivity contribution >= 4 is 0 Å². The van der Waals surface area contributed by atoms with E-state index in [1.54, 1.807) is 12.4 Å². The zero-order valence-corrected chi connectivity index (χ0v) is 17.7. The number of rotatable bonds is 9. The highest BCUT2D eigenvalue weighted by molar-refractivity contribution is 5.41. The number of allylic oxidation sites excluding steroid dienone is 1. The number of nitrogens with one attached hydrogen (secondary N) is 1. The van der Waals surface area contributed by atoms with Gasteiger partial charge in [-0.3, -0.25) is 9.97 Å². The third kappa shape index (κ3) is 5.00. The average molecular weight is 397 g/mol. The van der Waals surface area contributed by atoms with Crippen LogP contribution in [-0.4, -0.2) is 16.5 Å². The Morgan fingerprint density at radius 2 is 1.70 bits per heavy atom. The van der Waals surface area contributed by atoms with Crippen LogP contribution in [-0.2, 0) is 12.0 Å². The molecule has 2 heterocycles. The SMILES string of the molecule is C=CCC(C)(C)CNC(Cc1cccc(C#N)c1)(c1cccnc1)c1cccnc1. The van der Waals surface area contributed by atoms with Crippen molar-refractivity contribution in [3.05, 3.63) is 108 Å². The van der Waals surface area contributed by atoms with Crippen LogP contribution in [0.25, 0.3) is 0 Å². The topological polar surface area (TPSA) is 61.6 Å². The molecule has 30 heavy (non-hydrogen) atoms. The monoisotopic (exact) mass is 396 g/mol. The fraction of sp³-hybridized carbons (Fsp3) is 0.269. The van der Waals surface area contributed by atoms with Crippen molar-refractivity contribution in [2.24, 2.45) is 5.41 Å². The van der Waals surface area contributed by atoms with Crippen LogP contribution in [0, 0.1) is 16.7 Å². The van der Waals surface area contributed by atoms with Crippen molar-refractivity contribution in [3.63, 3.8) is 0 Å². The minimum atomic E-state index is -0.533. The molecule has 0 fully saturated rings. The normalized spacial score (nSPS) is 11.6. The molecule has 3 rings (SSSR count). The molecule has 0 aliphatic rings. The summed E-state index contributed by atoms with van der Waals surface area (Å²) in [6, 6.07) is 18.2. The highest BCUT2D eigenvalue weighted by Gasteiger charge is 2.36. The maximum Gasteiger partial charge on any atom is 0.0991 e. The lowest BCUT2D eigenvalue weighted by Gasteiger charge is -2.39. The van der Waals surface area contributed by atoms with E-state index in [-0.39, 0.29) is 5.41 Å². The Hall–Kier alpha value is -3.29. The molecule has 0 aliphatic carbocycles. The Labute approximate surface area is 179 Å². The second-order valence-corrected chi connectivity index (χ2v) is 8.39. The summed E-state index contributed by atoms with van der Waals surface area (Å²) in [5, 5.41) is 13.2. The van der Waals surface area contributed by atoms with Crippen molar-refractivity contribution in [1.82, 2.24) is 15.3 Å². The summed E-state index contributed by atoms with van der Waals surface area (Å²) >= 11 is 0. The van der Waals surface area contributed by atoms with Gasteiger partial charge < -0.3 is 5.32 Å². The van der Waals surface area contributed by atoms with Gasteiger partial charge in [0.1, 0.15) is 0 Å². The van der Waals surface area contributed by atoms with E-state index in [0.29, 0.717) is 12.0 Å². The molecular formula is C26H28N4. The molecule has 0 amide bonds. The summed E-state index contributed by atoms with van der Waals surface area (Å²) in [5.41, 5.74) is 3.37. The van der Waals surface area contributed by atoms with E-state index in [1.165, 1.54) is 0 Å². The van der Waals surface area contributed by atoms with Gasteiger partial charge in [0.05, 0.1) is 17.2 Å². The van der Waals surface area contributed by atoms with Crippen LogP contribution in [0.5, 0.6) is 0 Å². The number of hydrogen-bond donors (Lipinski definition) is 1. The van der Waals surface area contributed by atoms with E-state index in [1.807, 2.05) is 48.8 Å². The summed E-state index contributed by atoms with van der Waals surface area (Å²) < 4.78 is 0. The van der Waals surface area contributed by atoms with Gasteiger partial charge in [-0.15, -0.1) is 6.58 Å². The van der Waals surface area contributed by atoms with Gasteiger partial charge in [0.2, 0.25) is 0 Å². The van der Waals surface area contributed by atoms with Crippen molar-refractivity contribution in [2.45, 2.75) is 32.2 Å². The fourth-order valence-corrected chi connectivity index (χ4v) is 3.78. The lowest BCUT2D eigenvalue weighted by molar-refractivity contribution is 0.282. The maximum atomic E-state index is 9.37. The summed E-state index contributed by atoms with van der Waals surface area (Å²) in [4.78, 5) is 8.81. The zero-order valence-electron chi connectivity index (χ0n) is 17.7. The molecule has 0 bridgehead atoms. The average Bonchev–Trinajstić information content (AvgIpc) is 2.78. The second kappa shape index (κ2) is 9.47. The van der Waals surface area contributed by atoms with E-state index < -0.39 is 5.54 Å². The minimum Gasteiger partial charge on any atom is -0.303 e. The summed E-state index contributed by atoms with van der Waals surface area (Å²) in [6.45, 7) is 9.16. The van der Waals surface area contributed by atoms with Gasteiger partial charge in [0.25, 0.3) is 0 Å². The largest absolute Gasteiger partial charge is 0.303 e. The first-order chi connectivity index (χ1) is 14.5. The zero-order chi connectivity index (χ0) is 21.5. The number of nitrogens with zero attached hydrogens (tertiary/aromatic N) is 3. The van der Waals surface area contributed by atoms with Crippen LogP contribution in [0.4, 0.5) is 0 Å². The van der Waals surface area contributed by atoms with Crippen LogP contribution in [0.3, 0.4) is 0 Å². The van der Waals surface area contributed by atoms with Crippen LogP contribution >= 0.6 is 0 Å². The number of aromatic nitrogens is 2. The summed E-state index contributed by atoms with van der Waals surface area (Å²) in [5.74, 6) is 0. The van der Waals surface area contributed by atoms with Gasteiger partial charge in [-0.25, -0.2) is 0 Å². The summed E-state index contributed by atoms with van der Waals surface area (Å²) in [7, 11) is 0. The molecular weight excluding hydrogens is 368 g/mol. The number of pyridine rings is 2. The van der Waals surface area contributed by atoms with Crippen LogP contribution in [0.1, 0.15) is 42.5 Å². The molecule has 1 aromatic carbocycles. The molecule has 4 heteroatoms. The molecule has 0 radical (unpaired) electrons. The van der Waals surface area contributed by atoms with Gasteiger partial charge in [-0.2, -0.15) is 5.26 Å². The molecule has 0 unspecified atom stereocenters. The van der Waals surface area contributed by atoms with Crippen molar-refractivity contribution in [3.8, 4) is 6.07 Å². The van der Waals surface area contributed by atoms with Gasteiger partial charge in [0, 0.05) is 31.3 Å². The molecule has 0 aliphatic heterocycles. The lowest BCUT2D eigenvalue weighted by atomic mass is 9.77. The van der Waals surface area contributed by atoms with Crippen LogP contribution < -0.4 is 5.32 Å². The smallest absolute Gasteiger partial charge is 0.0991 e. The Balaban J connectivity index is 2.13. The van der Waals surface area contributed by atoms with Crippen LogP contribution in [0.15, 0.2) is 86.0 Å². The predicted octanol–water partition coefficient (Wildman–Crippen LogP) is 5.03. The maximum absolute atomic E-state index is 9.37. The molecule has 0 saturated heterocycles. The Morgan fingerprint density at radius 3 is 2.23 bits per heavy atom. The van der Waals surface area contributed by atoms with Crippen LogP contribution in [0.2, 0.25) is 0 Å². The molecule has 0 spiro atoms. The predicted molar refractivity (Wildman–Crippen MR) is 121 cm³/mol. The number of hydrogen-bond acceptors (Lipinski definition) is 4. The van der Waals surface area contributed by atoms with Gasteiger partial charge >= 0.3 is 0 Å². The first-order valence-electron chi connectivity index (χ1n) is 10.2. The standard InChI is InChI=1S/C26H28N4/c1-4-12-25(2,3)20-30-26(23-10-6-13-28-18-23,24-11-7-14-29-19-24)16-21-8-5-9-22(15-21)17-27/h4-11,13-15,18-19,30H,1,12,16,20H2,2-3H3. The van der Waals surface area contributed by atoms with Gasteiger partial charge in [0.15, 0.2) is 0 Å². The van der Waals surface area contributed by atoms with Crippen molar-refractivity contribution < 1.29 is 0 Å².